The number of sulfonamides is 1. The van der Waals surface area contributed by atoms with E-state index < -0.39 is 33.3 Å². The van der Waals surface area contributed by atoms with Crippen molar-refractivity contribution in [3.05, 3.63) is 76.6 Å². The number of aromatic nitrogens is 1. The summed E-state index contributed by atoms with van der Waals surface area (Å²) >= 11 is 6.35. The highest BCUT2D eigenvalue weighted by molar-refractivity contribution is 7.92. The van der Waals surface area contributed by atoms with Crippen LogP contribution in [0.1, 0.15) is 37.1 Å². The Hall–Kier alpha value is -3.44. The topological polar surface area (TPSA) is 88.9 Å². The monoisotopic (exact) mass is 549 g/mol. The van der Waals surface area contributed by atoms with Crippen LogP contribution in [0.2, 0.25) is 5.02 Å². The van der Waals surface area contributed by atoms with E-state index >= 15 is 0 Å². The summed E-state index contributed by atoms with van der Waals surface area (Å²) in [6.07, 6.45) is -3.45. The summed E-state index contributed by atoms with van der Waals surface area (Å²) in [6.45, 7) is 3.93. The smallest absolute Gasteiger partial charge is 0.318 e. The molecule has 0 unspecified atom stereocenters. The van der Waals surface area contributed by atoms with Crippen LogP contribution in [0.5, 0.6) is 0 Å². The lowest BCUT2D eigenvalue weighted by Crippen LogP contribution is -2.34. The molecule has 7 nitrogen and oxygen atoms in total. The van der Waals surface area contributed by atoms with Gasteiger partial charge in [-0.05, 0) is 41.5 Å². The molecule has 1 aromatic heterocycles. The number of carbonyl (C=O) groups excluding carboxylic acids is 1. The average Bonchev–Trinajstić information content (AvgIpc) is 3.39. The first-order chi connectivity index (χ1) is 17.3. The molecular formula is C25H19ClF3N3O4S. The molecule has 192 valence electrons. The standard InChI is InChI=1S/C25H19ClF3N3O4S/c1-24(2)13-32(37(34,35)16-5-6-17(19(26)10-16)20-11-23(33)36-31-20)21-7-3-14(9-18(21)24)15-4-8-22(30-12-15)25(27,28)29/h3-10,12H,11,13H2,1-2H3. The number of pyridine rings is 1. The van der Waals surface area contributed by atoms with Crippen LogP contribution in [0.4, 0.5) is 18.9 Å². The van der Waals surface area contributed by atoms with Gasteiger partial charge in [-0.2, -0.15) is 13.2 Å². The minimum absolute atomic E-state index is 0.0354. The fourth-order valence-electron chi connectivity index (χ4n) is 4.42. The normalized spacial score (nSPS) is 17.0. The van der Waals surface area contributed by atoms with Gasteiger partial charge in [-0.1, -0.05) is 48.8 Å². The molecule has 0 atom stereocenters. The highest BCUT2D eigenvalue weighted by Crippen LogP contribution is 2.45. The molecule has 0 saturated heterocycles. The fourth-order valence-corrected chi connectivity index (χ4v) is 6.45. The SMILES string of the molecule is CC1(C)CN(S(=O)(=O)c2ccc(C3=NOC(=O)C3)c(Cl)c2)c2ccc(-c3ccc(C(F)(F)F)nc3)cc21. The van der Waals surface area contributed by atoms with Crippen molar-refractivity contribution in [2.75, 3.05) is 10.8 Å². The third-order valence-electron chi connectivity index (χ3n) is 6.33. The first-order valence-corrected chi connectivity index (χ1v) is 12.9. The molecule has 2 aliphatic heterocycles. The lowest BCUT2D eigenvalue weighted by atomic mass is 9.85. The summed E-state index contributed by atoms with van der Waals surface area (Å²) in [5.74, 6) is -0.523. The van der Waals surface area contributed by atoms with E-state index in [4.69, 9.17) is 11.6 Å². The minimum atomic E-state index is -4.54. The van der Waals surface area contributed by atoms with Crippen LogP contribution >= 0.6 is 11.6 Å². The van der Waals surface area contributed by atoms with Crippen LogP contribution in [0.3, 0.4) is 0 Å². The van der Waals surface area contributed by atoms with Gasteiger partial charge in [-0.15, -0.1) is 0 Å². The molecule has 0 aliphatic carbocycles. The van der Waals surface area contributed by atoms with Crippen LogP contribution in [-0.2, 0) is 31.2 Å². The van der Waals surface area contributed by atoms with Gasteiger partial charge in [0.05, 0.1) is 22.0 Å². The minimum Gasteiger partial charge on any atom is -0.318 e. The van der Waals surface area contributed by atoms with Gasteiger partial charge in [-0.25, -0.2) is 13.2 Å². The van der Waals surface area contributed by atoms with Crippen LogP contribution in [0.15, 0.2) is 64.8 Å². The Labute approximate surface area is 215 Å². The fraction of sp³-hybridized carbons (Fsp3) is 0.240. The zero-order valence-electron chi connectivity index (χ0n) is 19.5. The number of rotatable bonds is 4. The summed E-state index contributed by atoms with van der Waals surface area (Å²) in [5.41, 5.74) is 1.44. The van der Waals surface area contributed by atoms with Gasteiger partial charge < -0.3 is 4.84 Å². The molecule has 0 fully saturated rings. The highest BCUT2D eigenvalue weighted by atomic mass is 35.5. The van der Waals surface area contributed by atoms with E-state index in [0.717, 1.165) is 17.8 Å². The van der Waals surface area contributed by atoms with Gasteiger partial charge in [0.1, 0.15) is 11.4 Å². The molecular weight excluding hydrogens is 531 g/mol. The molecule has 12 heteroatoms. The van der Waals surface area contributed by atoms with E-state index in [-0.39, 0.29) is 22.9 Å². The summed E-state index contributed by atoms with van der Waals surface area (Å²) in [4.78, 5) is 19.4. The Morgan fingerprint density at radius 2 is 1.78 bits per heavy atom. The maximum absolute atomic E-state index is 13.6. The summed E-state index contributed by atoms with van der Waals surface area (Å²) in [5, 5.41) is 3.79. The van der Waals surface area contributed by atoms with Crippen LogP contribution in [0.25, 0.3) is 11.1 Å². The number of hydrogen-bond acceptors (Lipinski definition) is 6. The van der Waals surface area contributed by atoms with E-state index in [1.54, 1.807) is 18.2 Å². The van der Waals surface area contributed by atoms with Crippen LogP contribution < -0.4 is 4.31 Å². The first-order valence-electron chi connectivity index (χ1n) is 11.0. The van der Waals surface area contributed by atoms with Crippen molar-refractivity contribution in [1.29, 1.82) is 0 Å². The van der Waals surface area contributed by atoms with Gasteiger partial charge in [-0.3, -0.25) is 9.29 Å². The Bertz CT molecular complexity index is 1570. The number of hydrogen-bond donors (Lipinski definition) is 0. The number of oxime groups is 1. The van der Waals surface area contributed by atoms with Crippen molar-refractivity contribution < 1.29 is 31.2 Å². The lowest BCUT2D eigenvalue weighted by molar-refractivity contribution is -0.141. The second-order valence-corrected chi connectivity index (χ2v) is 11.6. The molecule has 0 radical (unpaired) electrons. The molecule has 0 amide bonds. The first kappa shape index (κ1) is 25.2. The predicted octanol–water partition coefficient (Wildman–Crippen LogP) is 5.56. The van der Waals surface area contributed by atoms with Gasteiger partial charge in [0.2, 0.25) is 0 Å². The third-order valence-corrected chi connectivity index (χ3v) is 8.40. The predicted molar refractivity (Wildman–Crippen MR) is 131 cm³/mol. The second kappa shape index (κ2) is 8.56. The molecule has 3 aromatic rings. The molecule has 0 N–H and O–H groups in total. The Morgan fingerprint density at radius 3 is 2.38 bits per heavy atom. The summed E-state index contributed by atoms with van der Waals surface area (Å²) in [7, 11) is -4.02. The van der Waals surface area contributed by atoms with E-state index in [1.165, 1.54) is 28.6 Å². The zero-order chi connectivity index (χ0) is 26.8. The lowest BCUT2D eigenvalue weighted by Gasteiger charge is -2.22. The van der Waals surface area contributed by atoms with Crippen molar-refractivity contribution >= 4 is 39.0 Å². The Kier molecular flexibility index (Phi) is 5.83. The van der Waals surface area contributed by atoms with E-state index in [0.29, 0.717) is 28.1 Å². The molecule has 5 rings (SSSR count). The number of carbonyl (C=O) groups is 1. The Balaban J connectivity index is 1.49. The molecule has 37 heavy (non-hydrogen) atoms. The quantitative estimate of drug-likeness (QED) is 0.398. The number of alkyl halides is 3. The number of halogens is 4. The number of nitrogens with zero attached hydrogens (tertiary/aromatic N) is 3. The Morgan fingerprint density at radius 1 is 1.05 bits per heavy atom. The largest absolute Gasteiger partial charge is 0.433 e. The van der Waals surface area contributed by atoms with Crippen LogP contribution in [-0.4, -0.2) is 31.6 Å². The van der Waals surface area contributed by atoms with Crippen molar-refractivity contribution in [3.63, 3.8) is 0 Å². The zero-order valence-corrected chi connectivity index (χ0v) is 21.1. The third kappa shape index (κ3) is 4.46. The molecule has 2 aromatic carbocycles. The number of anilines is 1. The second-order valence-electron chi connectivity index (χ2n) is 9.38. The molecule has 0 spiro atoms. The van der Waals surface area contributed by atoms with Crippen LogP contribution in [0, 0.1) is 0 Å². The molecule has 3 heterocycles. The molecule has 0 saturated carbocycles. The summed E-state index contributed by atoms with van der Waals surface area (Å²) < 4.78 is 67.2. The molecule has 0 bridgehead atoms. The van der Waals surface area contributed by atoms with Gasteiger partial charge in [0.15, 0.2) is 0 Å². The maximum atomic E-state index is 13.6. The average molecular weight is 550 g/mol. The number of benzene rings is 2. The van der Waals surface area contributed by atoms with Crippen molar-refractivity contribution in [3.8, 4) is 11.1 Å². The van der Waals surface area contributed by atoms with Crippen molar-refractivity contribution in [2.24, 2.45) is 5.16 Å². The number of fused-ring (bicyclic) bond motifs is 1. The van der Waals surface area contributed by atoms with E-state index in [9.17, 15) is 26.4 Å². The van der Waals surface area contributed by atoms with E-state index in [1.807, 2.05) is 13.8 Å². The van der Waals surface area contributed by atoms with Crippen molar-refractivity contribution in [1.82, 2.24) is 4.98 Å². The van der Waals surface area contributed by atoms with Gasteiger partial charge in [0, 0.05) is 29.3 Å². The van der Waals surface area contributed by atoms with Crippen molar-refractivity contribution in [2.45, 2.75) is 36.8 Å². The maximum Gasteiger partial charge on any atom is 0.433 e. The highest BCUT2D eigenvalue weighted by Gasteiger charge is 2.41. The van der Waals surface area contributed by atoms with E-state index in [2.05, 4.69) is 15.0 Å². The summed E-state index contributed by atoms with van der Waals surface area (Å²) in [6, 6.07) is 11.5. The van der Waals surface area contributed by atoms with Gasteiger partial charge in [0.25, 0.3) is 10.0 Å². The van der Waals surface area contributed by atoms with Gasteiger partial charge >= 0.3 is 12.1 Å². The molecule has 2 aliphatic rings.